The third-order valence-corrected chi connectivity index (χ3v) is 6.12. The average molecular weight is 479 g/mol. The fourth-order valence-corrected chi connectivity index (χ4v) is 4.32. The second kappa shape index (κ2) is 9.75. The number of fused-ring (bicyclic) bond motifs is 1. The Hall–Kier alpha value is -3.92. The smallest absolute Gasteiger partial charge is 0.280 e. The first kappa shape index (κ1) is 22.9. The predicted octanol–water partition coefficient (Wildman–Crippen LogP) is 3.70. The molecule has 10 heteroatoms. The van der Waals surface area contributed by atoms with Gasteiger partial charge in [0.2, 0.25) is 0 Å². The van der Waals surface area contributed by atoms with Crippen LogP contribution in [0.15, 0.2) is 61.1 Å². The summed E-state index contributed by atoms with van der Waals surface area (Å²) in [7, 11) is 1.51. The van der Waals surface area contributed by atoms with Crippen molar-refractivity contribution < 1.29 is 18.3 Å². The number of benzene rings is 1. The minimum absolute atomic E-state index is 0.103. The molecule has 1 saturated heterocycles. The zero-order valence-corrected chi connectivity index (χ0v) is 19.1. The van der Waals surface area contributed by atoms with E-state index >= 15 is 0 Å². The number of halogens is 2. The first-order valence-electron chi connectivity index (χ1n) is 11.3. The van der Waals surface area contributed by atoms with Gasteiger partial charge in [-0.15, -0.1) is 0 Å². The van der Waals surface area contributed by atoms with E-state index in [0.29, 0.717) is 43.2 Å². The molecule has 35 heavy (non-hydrogen) atoms. The molecule has 0 N–H and O–H groups in total. The monoisotopic (exact) mass is 478 g/mol. The standard InChI is InChI=1S/C25H24F2N6O2/c1-35-22-7-3-2-6-18(22)20-13-21(23(26)27)33-24(30-20)19(15-29-33)25(34)32-11-9-31(10-12-32)16-17-5-4-8-28-14-17/h2-8,13-15,23H,9-12,16H2,1H3. The van der Waals surface area contributed by atoms with Crippen LogP contribution in [-0.4, -0.2) is 68.6 Å². The Morgan fingerprint density at radius 2 is 1.89 bits per heavy atom. The molecule has 0 spiro atoms. The number of carbonyl (C=O) groups excluding carboxylic acids is 1. The molecule has 5 rings (SSSR count). The van der Waals surface area contributed by atoms with Gasteiger partial charge in [-0.05, 0) is 29.8 Å². The van der Waals surface area contributed by atoms with E-state index in [1.165, 1.54) is 19.4 Å². The second-order valence-electron chi connectivity index (χ2n) is 8.29. The Morgan fingerprint density at radius 3 is 2.60 bits per heavy atom. The van der Waals surface area contributed by atoms with Gasteiger partial charge in [0.25, 0.3) is 12.3 Å². The highest BCUT2D eigenvalue weighted by molar-refractivity contribution is 6.00. The molecular formula is C25H24F2N6O2. The molecule has 180 valence electrons. The molecule has 8 nitrogen and oxygen atoms in total. The van der Waals surface area contributed by atoms with Crippen LogP contribution >= 0.6 is 0 Å². The molecule has 0 radical (unpaired) electrons. The third kappa shape index (κ3) is 4.57. The highest BCUT2D eigenvalue weighted by Gasteiger charge is 2.27. The minimum Gasteiger partial charge on any atom is -0.496 e. The number of ether oxygens (including phenoxy) is 1. The number of aromatic nitrogens is 4. The van der Waals surface area contributed by atoms with Gasteiger partial charge in [-0.2, -0.15) is 5.10 Å². The summed E-state index contributed by atoms with van der Waals surface area (Å²) in [5, 5.41) is 4.08. The van der Waals surface area contributed by atoms with Gasteiger partial charge in [0.15, 0.2) is 5.65 Å². The number of methoxy groups -OCH3 is 1. The first-order chi connectivity index (χ1) is 17.0. The highest BCUT2D eigenvalue weighted by Crippen LogP contribution is 2.32. The van der Waals surface area contributed by atoms with E-state index in [1.54, 1.807) is 35.4 Å². The molecule has 1 aromatic carbocycles. The molecule has 1 fully saturated rings. The summed E-state index contributed by atoms with van der Waals surface area (Å²) in [4.78, 5) is 26.1. The van der Waals surface area contributed by atoms with E-state index in [1.807, 2.05) is 18.3 Å². The van der Waals surface area contributed by atoms with Crippen molar-refractivity contribution in [2.45, 2.75) is 13.0 Å². The first-order valence-corrected chi connectivity index (χ1v) is 11.3. The lowest BCUT2D eigenvalue weighted by Gasteiger charge is -2.34. The lowest BCUT2D eigenvalue weighted by atomic mass is 10.1. The Labute approximate surface area is 200 Å². The Bertz CT molecular complexity index is 1340. The van der Waals surface area contributed by atoms with Crippen LogP contribution in [0, 0.1) is 0 Å². The van der Waals surface area contributed by atoms with Crippen molar-refractivity contribution in [3.63, 3.8) is 0 Å². The van der Waals surface area contributed by atoms with E-state index in [2.05, 4.69) is 20.0 Å². The number of nitrogens with zero attached hydrogens (tertiary/aromatic N) is 6. The summed E-state index contributed by atoms with van der Waals surface area (Å²) in [5.41, 5.74) is 1.93. The summed E-state index contributed by atoms with van der Waals surface area (Å²) >= 11 is 0. The number of hydrogen-bond donors (Lipinski definition) is 0. The summed E-state index contributed by atoms with van der Waals surface area (Å²) < 4.78 is 34.3. The lowest BCUT2D eigenvalue weighted by molar-refractivity contribution is 0.0630. The summed E-state index contributed by atoms with van der Waals surface area (Å²) in [5.74, 6) is 0.229. The number of pyridine rings is 1. The van der Waals surface area contributed by atoms with Gasteiger partial charge < -0.3 is 9.64 Å². The van der Waals surface area contributed by atoms with Crippen LogP contribution in [0.2, 0.25) is 0 Å². The van der Waals surface area contributed by atoms with Gasteiger partial charge in [-0.3, -0.25) is 14.7 Å². The predicted molar refractivity (Wildman–Crippen MR) is 125 cm³/mol. The van der Waals surface area contributed by atoms with Gasteiger partial charge in [0, 0.05) is 50.7 Å². The number of alkyl halides is 2. The summed E-state index contributed by atoms with van der Waals surface area (Å²) in [6.45, 7) is 3.19. The zero-order chi connectivity index (χ0) is 24.4. The van der Waals surface area contributed by atoms with Crippen molar-refractivity contribution in [3.05, 3.63) is 77.9 Å². The molecule has 1 aliphatic heterocycles. The largest absolute Gasteiger partial charge is 0.496 e. The maximum atomic E-state index is 13.9. The Kier molecular flexibility index (Phi) is 6.37. The number of piperazine rings is 1. The van der Waals surface area contributed by atoms with Crippen molar-refractivity contribution in [1.82, 2.24) is 29.4 Å². The van der Waals surface area contributed by atoms with E-state index in [-0.39, 0.29) is 22.8 Å². The highest BCUT2D eigenvalue weighted by atomic mass is 19.3. The van der Waals surface area contributed by atoms with Crippen molar-refractivity contribution in [2.75, 3.05) is 33.3 Å². The van der Waals surface area contributed by atoms with Crippen LogP contribution in [0.4, 0.5) is 8.78 Å². The maximum Gasteiger partial charge on any atom is 0.280 e. The van der Waals surface area contributed by atoms with Gasteiger partial charge in [0.1, 0.15) is 17.0 Å². The van der Waals surface area contributed by atoms with E-state index in [4.69, 9.17) is 4.74 Å². The quantitative estimate of drug-likeness (QED) is 0.421. The normalized spacial score (nSPS) is 14.6. The zero-order valence-electron chi connectivity index (χ0n) is 19.1. The number of rotatable bonds is 6. The second-order valence-corrected chi connectivity index (χ2v) is 8.29. The van der Waals surface area contributed by atoms with Crippen molar-refractivity contribution in [2.24, 2.45) is 0 Å². The molecular weight excluding hydrogens is 454 g/mol. The molecule has 0 saturated carbocycles. The van der Waals surface area contributed by atoms with Crippen LogP contribution in [-0.2, 0) is 6.54 Å². The fraction of sp³-hybridized carbons (Fsp3) is 0.280. The third-order valence-electron chi connectivity index (χ3n) is 6.12. The van der Waals surface area contributed by atoms with Gasteiger partial charge in [0.05, 0.1) is 19.0 Å². The summed E-state index contributed by atoms with van der Waals surface area (Å²) in [6.07, 6.45) is 2.10. The van der Waals surface area contributed by atoms with Crippen LogP contribution in [0.25, 0.3) is 16.9 Å². The molecule has 1 amide bonds. The van der Waals surface area contributed by atoms with E-state index in [0.717, 1.165) is 16.6 Å². The molecule has 0 bridgehead atoms. The molecule has 4 heterocycles. The molecule has 0 atom stereocenters. The van der Waals surface area contributed by atoms with E-state index in [9.17, 15) is 13.6 Å². The molecule has 0 aliphatic carbocycles. The number of hydrogen-bond acceptors (Lipinski definition) is 6. The molecule has 1 aliphatic rings. The Morgan fingerprint density at radius 1 is 1.09 bits per heavy atom. The number of amides is 1. The fourth-order valence-electron chi connectivity index (χ4n) is 4.32. The van der Waals surface area contributed by atoms with Gasteiger partial charge >= 0.3 is 0 Å². The van der Waals surface area contributed by atoms with Gasteiger partial charge in [-0.1, -0.05) is 18.2 Å². The van der Waals surface area contributed by atoms with Crippen molar-refractivity contribution in [3.8, 4) is 17.0 Å². The van der Waals surface area contributed by atoms with Crippen molar-refractivity contribution in [1.29, 1.82) is 0 Å². The van der Waals surface area contributed by atoms with Crippen LogP contribution in [0.3, 0.4) is 0 Å². The van der Waals surface area contributed by atoms with Gasteiger partial charge in [-0.25, -0.2) is 18.3 Å². The number of carbonyl (C=O) groups is 1. The average Bonchev–Trinajstić information content (AvgIpc) is 3.32. The van der Waals surface area contributed by atoms with Crippen LogP contribution in [0.1, 0.15) is 28.0 Å². The summed E-state index contributed by atoms with van der Waals surface area (Å²) in [6, 6.07) is 12.3. The lowest BCUT2D eigenvalue weighted by Crippen LogP contribution is -2.48. The molecule has 3 aromatic heterocycles. The van der Waals surface area contributed by atoms with Crippen LogP contribution < -0.4 is 4.74 Å². The number of para-hydroxylation sites is 1. The minimum atomic E-state index is -2.80. The molecule has 0 unspecified atom stereocenters. The topological polar surface area (TPSA) is 75.9 Å². The SMILES string of the molecule is COc1ccccc1-c1cc(C(F)F)n2ncc(C(=O)N3CCN(Cc4cccnc4)CC3)c2n1. The van der Waals surface area contributed by atoms with Crippen molar-refractivity contribution >= 4 is 11.6 Å². The maximum absolute atomic E-state index is 13.9. The molecule has 4 aromatic rings. The van der Waals surface area contributed by atoms with E-state index < -0.39 is 6.43 Å². The van der Waals surface area contributed by atoms with Crippen LogP contribution in [0.5, 0.6) is 5.75 Å². The Balaban J connectivity index is 1.42.